The van der Waals surface area contributed by atoms with E-state index in [1.807, 2.05) is 30.9 Å². The number of anilines is 2. The zero-order chi connectivity index (χ0) is 24.5. The summed E-state index contributed by atoms with van der Waals surface area (Å²) in [7, 11) is 0. The molecule has 0 unspecified atom stereocenters. The highest BCUT2D eigenvalue weighted by Gasteiger charge is 2.31. The molecule has 1 aromatic carbocycles. The maximum Gasteiger partial charge on any atom is 0.257 e. The fourth-order valence-corrected chi connectivity index (χ4v) is 5.80. The van der Waals surface area contributed by atoms with Gasteiger partial charge in [-0.05, 0) is 62.0 Å². The lowest BCUT2D eigenvalue weighted by atomic mass is 9.94. The summed E-state index contributed by atoms with van der Waals surface area (Å²) in [6.07, 6.45) is 3.09. The molecule has 10 heteroatoms. The minimum absolute atomic E-state index is 0.0212. The molecule has 2 aliphatic rings. The number of pyridine rings is 1. The molecule has 8 nitrogen and oxygen atoms in total. The molecular formula is C25H28ClN5O3S. The van der Waals surface area contributed by atoms with E-state index in [1.165, 1.54) is 11.5 Å². The zero-order valence-electron chi connectivity index (χ0n) is 19.8. The number of carbonyl (C=O) groups is 2. The van der Waals surface area contributed by atoms with E-state index in [-0.39, 0.29) is 17.7 Å². The Hall–Kier alpha value is -2.75. The number of halogens is 1. The van der Waals surface area contributed by atoms with Crippen LogP contribution in [0.2, 0.25) is 5.02 Å². The van der Waals surface area contributed by atoms with Crippen LogP contribution in [0, 0.1) is 19.8 Å². The van der Waals surface area contributed by atoms with Gasteiger partial charge in [-0.15, -0.1) is 0 Å². The number of aryl methyl sites for hydroxylation is 2. The average molecular weight is 514 g/mol. The van der Waals surface area contributed by atoms with Crippen LogP contribution in [-0.2, 0) is 9.53 Å². The number of nitrogens with one attached hydrogen (secondary N) is 1. The third kappa shape index (κ3) is 4.85. The number of fused-ring (bicyclic) bond motifs is 1. The summed E-state index contributed by atoms with van der Waals surface area (Å²) in [6, 6.07) is 5.47. The van der Waals surface area contributed by atoms with Gasteiger partial charge in [-0.3, -0.25) is 9.59 Å². The van der Waals surface area contributed by atoms with E-state index in [2.05, 4.69) is 19.6 Å². The smallest absolute Gasteiger partial charge is 0.257 e. The molecule has 2 fully saturated rings. The highest BCUT2D eigenvalue weighted by molar-refractivity contribution is 7.13. The second-order valence-corrected chi connectivity index (χ2v) is 10.3. The summed E-state index contributed by atoms with van der Waals surface area (Å²) in [6.45, 7) is 7.48. The molecule has 0 bridgehead atoms. The van der Waals surface area contributed by atoms with Crippen molar-refractivity contribution in [1.29, 1.82) is 0 Å². The lowest BCUT2D eigenvalue weighted by Crippen LogP contribution is -2.42. The molecule has 2 saturated heterocycles. The van der Waals surface area contributed by atoms with Gasteiger partial charge in [0.15, 0.2) is 0 Å². The lowest BCUT2D eigenvalue weighted by Gasteiger charge is -2.35. The first-order valence-electron chi connectivity index (χ1n) is 11.9. The molecule has 1 N–H and O–H groups in total. The van der Waals surface area contributed by atoms with Crippen molar-refractivity contribution >= 4 is 56.5 Å². The average Bonchev–Trinajstić information content (AvgIpc) is 3.26. The fraction of sp³-hybridized carbons (Fsp3) is 0.440. The summed E-state index contributed by atoms with van der Waals surface area (Å²) in [5, 5.41) is 4.65. The molecule has 5 rings (SSSR count). The van der Waals surface area contributed by atoms with E-state index in [9.17, 15) is 9.59 Å². The van der Waals surface area contributed by atoms with Crippen LogP contribution in [0.25, 0.3) is 10.2 Å². The van der Waals surface area contributed by atoms with Gasteiger partial charge in [-0.2, -0.15) is 4.37 Å². The van der Waals surface area contributed by atoms with Crippen molar-refractivity contribution in [2.75, 3.05) is 49.6 Å². The maximum atomic E-state index is 13.5. The monoisotopic (exact) mass is 513 g/mol. The molecule has 0 saturated carbocycles. The first-order valence-corrected chi connectivity index (χ1v) is 13.0. The number of morpholine rings is 1. The largest absolute Gasteiger partial charge is 0.378 e. The predicted molar refractivity (Wildman–Crippen MR) is 139 cm³/mol. The number of piperidine rings is 1. The Morgan fingerprint density at radius 2 is 1.89 bits per heavy atom. The van der Waals surface area contributed by atoms with Crippen molar-refractivity contribution < 1.29 is 14.3 Å². The van der Waals surface area contributed by atoms with Gasteiger partial charge in [0.25, 0.3) is 5.91 Å². The van der Waals surface area contributed by atoms with Crippen LogP contribution in [0.5, 0.6) is 0 Å². The Morgan fingerprint density at radius 1 is 1.14 bits per heavy atom. The summed E-state index contributed by atoms with van der Waals surface area (Å²) < 4.78 is 9.93. The van der Waals surface area contributed by atoms with Crippen LogP contribution in [-0.4, -0.2) is 65.5 Å². The Bertz CT molecular complexity index is 1270. The highest BCUT2D eigenvalue weighted by Crippen LogP contribution is 2.37. The number of hydrogen-bond acceptors (Lipinski definition) is 7. The molecule has 35 heavy (non-hydrogen) atoms. The maximum absolute atomic E-state index is 13.5. The molecule has 0 atom stereocenters. The number of aromatic nitrogens is 2. The Labute approximate surface area is 213 Å². The van der Waals surface area contributed by atoms with E-state index < -0.39 is 0 Å². The van der Waals surface area contributed by atoms with Crippen molar-refractivity contribution in [3.05, 3.63) is 46.2 Å². The zero-order valence-corrected chi connectivity index (χ0v) is 21.4. The van der Waals surface area contributed by atoms with E-state index >= 15 is 0 Å². The Kier molecular flexibility index (Phi) is 6.91. The lowest BCUT2D eigenvalue weighted by molar-refractivity contribution is -0.120. The fourth-order valence-electron chi connectivity index (χ4n) is 4.83. The SMILES string of the molecule is Cc1cc(Cl)ccc1NC(=O)C1CCN(c2c(C(=O)N3CCOCC3)cnc3snc(C)c23)CC1. The van der Waals surface area contributed by atoms with Gasteiger partial charge in [0.05, 0.1) is 35.5 Å². The van der Waals surface area contributed by atoms with Gasteiger partial charge in [0.2, 0.25) is 5.91 Å². The Balaban J connectivity index is 1.36. The quantitative estimate of drug-likeness (QED) is 0.560. The predicted octanol–water partition coefficient (Wildman–Crippen LogP) is 4.29. The third-order valence-electron chi connectivity index (χ3n) is 6.80. The number of amides is 2. The summed E-state index contributed by atoms with van der Waals surface area (Å²) in [4.78, 5) is 35.9. The van der Waals surface area contributed by atoms with Gasteiger partial charge >= 0.3 is 0 Å². The van der Waals surface area contributed by atoms with Crippen molar-refractivity contribution in [3.63, 3.8) is 0 Å². The van der Waals surface area contributed by atoms with E-state index in [0.29, 0.717) is 62.8 Å². The van der Waals surface area contributed by atoms with E-state index in [1.54, 1.807) is 12.3 Å². The van der Waals surface area contributed by atoms with Crippen LogP contribution >= 0.6 is 23.1 Å². The molecule has 0 radical (unpaired) electrons. The number of benzene rings is 1. The molecule has 184 valence electrons. The summed E-state index contributed by atoms with van der Waals surface area (Å²) in [5.74, 6) is -0.104. The molecule has 3 aromatic rings. The van der Waals surface area contributed by atoms with Crippen LogP contribution < -0.4 is 10.2 Å². The van der Waals surface area contributed by atoms with E-state index in [4.69, 9.17) is 16.3 Å². The molecule has 2 amide bonds. The molecule has 0 spiro atoms. The normalized spacial score (nSPS) is 17.1. The number of carbonyl (C=O) groups excluding carboxylic acids is 2. The van der Waals surface area contributed by atoms with Gasteiger partial charge < -0.3 is 19.9 Å². The van der Waals surface area contributed by atoms with E-state index in [0.717, 1.165) is 32.8 Å². The minimum Gasteiger partial charge on any atom is -0.378 e. The molecule has 2 aromatic heterocycles. The number of hydrogen-bond donors (Lipinski definition) is 1. The van der Waals surface area contributed by atoms with Crippen LogP contribution in [0.15, 0.2) is 24.4 Å². The van der Waals surface area contributed by atoms with Gasteiger partial charge in [0.1, 0.15) is 4.83 Å². The number of nitrogens with zero attached hydrogens (tertiary/aromatic N) is 4. The standard InChI is InChI=1S/C25H28ClN5O3S/c1-15-13-18(26)3-4-20(15)28-23(32)17-5-7-30(8-6-17)22-19(25(33)31-9-11-34-12-10-31)14-27-24-21(22)16(2)29-35-24/h3-4,13-14,17H,5-12H2,1-2H3,(H,28,32). The first kappa shape index (κ1) is 24.0. The minimum atomic E-state index is -0.0984. The van der Waals surface area contributed by atoms with Gasteiger partial charge in [-0.25, -0.2) is 4.98 Å². The van der Waals surface area contributed by atoms with Gasteiger partial charge in [-0.1, -0.05) is 11.6 Å². The molecule has 0 aliphatic carbocycles. The van der Waals surface area contributed by atoms with Crippen LogP contribution in [0.3, 0.4) is 0 Å². The van der Waals surface area contributed by atoms with Crippen molar-refractivity contribution in [1.82, 2.24) is 14.3 Å². The molecule has 2 aliphatic heterocycles. The second-order valence-electron chi connectivity index (χ2n) is 9.08. The topological polar surface area (TPSA) is 87.7 Å². The summed E-state index contributed by atoms with van der Waals surface area (Å²) in [5.41, 5.74) is 4.10. The van der Waals surface area contributed by atoms with Crippen molar-refractivity contribution in [2.24, 2.45) is 5.92 Å². The van der Waals surface area contributed by atoms with Crippen LogP contribution in [0.4, 0.5) is 11.4 Å². The number of ether oxygens (including phenoxy) is 1. The van der Waals surface area contributed by atoms with Crippen molar-refractivity contribution in [3.8, 4) is 0 Å². The third-order valence-corrected chi connectivity index (χ3v) is 7.89. The number of rotatable bonds is 4. The summed E-state index contributed by atoms with van der Waals surface area (Å²) >= 11 is 7.40. The first-order chi connectivity index (χ1) is 16.9. The molecule has 4 heterocycles. The molecular weight excluding hydrogens is 486 g/mol. The Morgan fingerprint density at radius 3 is 2.60 bits per heavy atom. The second kappa shape index (κ2) is 10.1. The van der Waals surface area contributed by atoms with Crippen molar-refractivity contribution in [2.45, 2.75) is 26.7 Å². The highest BCUT2D eigenvalue weighted by atomic mass is 35.5. The van der Waals surface area contributed by atoms with Crippen LogP contribution in [0.1, 0.15) is 34.5 Å². The van der Waals surface area contributed by atoms with Gasteiger partial charge in [0, 0.05) is 49.0 Å².